The Morgan fingerprint density at radius 3 is 2.29 bits per heavy atom. The molecular weight excluding hydrogens is 394 g/mol. The number of hydrogen-bond donors (Lipinski definition) is 0. The van der Waals surface area contributed by atoms with Crippen LogP contribution in [0.1, 0.15) is 15.9 Å². The molecule has 0 unspecified atom stereocenters. The van der Waals surface area contributed by atoms with Crippen molar-refractivity contribution in [2.45, 2.75) is 6.61 Å². The fourth-order valence-electron chi connectivity index (χ4n) is 1.82. The van der Waals surface area contributed by atoms with Gasteiger partial charge in [-0.1, -0.05) is 65.1 Å². The number of hydrogen-bond acceptors (Lipinski definition) is 3. The molecule has 0 saturated carbocycles. The summed E-state index contributed by atoms with van der Waals surface area (Å²) in [6, 6.07) is 7.92. The summed E-state index contributed by atoms with van der Waals surface area (Å²) in [5.41, 5.74) is 0.950. The van der Waals surface area contributed by atoms with Crippen molar-refractivity contribution in [3.8, 4) is 5.75 Å². The lowest BCUT2D eigenvalue weighted by atomic mass is 10.2. The Labute approximate surface area is 159 Å². The molecule has 2 rings (SSSR count). The van der Waals surface area contributed by atoms with Crippen LogP contribution in [0.3, 0.4) is 0 Å². The summed E-state index contributed by atoms with van der Waals surface area (Å²) in [5, 5.41) is 1.39. The minimum absolute atomic E-state index is 0.0986. The predicted molar refractivity (Wildman–Crippen MR) is 97.7 cm³/mol. The molecule has 0 amide bonds. The van der Waals surface area contributed by atoms with Gasteiger partial charge in [0.15, 0.2) is 5.75 Å². The van der Waals surface area contributed by atoms with Crippen LogP contribution in [-0.4, -0.2) is 12.6 Å². The lowest BCUT2D eigenvalue weighted by molar-refractivity contribution is 0.0549. The fraction of sp³-hybridized carbons (Fsp3) is 0.118. The normalized spacial score (nSPS) is 10.3. The van der Waals surface area contributed by atoms with E-state index < -0.39 is 5.97 Å². The van der Waals surface area contributed by atoms with E-state index in [0.29, 0.717) is 10.0 Å². The monoisotopic (exact) mass is 404 g/mol. The first-order chi connectivity index (χ1) is 11.4. The van der Waals surface area contributed by atoms with E-state index in [-0.39, 0.29) is 34.6 Å². The van der Waals surface area contributed by atoms with Gasteiger partial charge in [-0.05, 0) is 24.3 Å². The molecule has 3 nitrogen and oxygen atoms in total. The molecule has 2 aromatic rings. The van der Waals surface area contributed by atoms with Crippen molar-refractivity contribution < 1.29 is 14.3 Å². The quantitative estimate of drug-likeness (QED) is 0.422. The van der Waals surface area contributed by atoms with E-state index in [2.05, 4.69) is 6.58 Å². The van der Waals surface area contributed by atoms with Crippen LogP contribution in [0.5, 0.6) is 5.75 Å². The van der Waals surface area contributed by atoms with Crippen molar-refractivity contribution in [1.82, 2.24) is 0 Å². The molecule has 0 N–H and O–H groups in total. The van der Waals surface area contributed by atoms with Gasteiger partial charge < -0.3 is 9.47 Å². The van der Waals surface area contributed by atoms with E-state index in [1.165, 1.54) is 18.2 Å². The van der Waals surface area contributed by atoms with E-state index in [1.54, 1.807) is 18.2 Å². The molecule has 0 saturated heterocycles. The van der Waals surface area contributed by atoms with E-state index in [0.717, 1.165) is 5.56 Å². The third-order valence-electron chi connectivity index (χ3n) is 2.95. The van der Waals surface area contributed by atoms with Crippen molar-refractivity contribution in [3.05, 3.63) is 74.2 Å². The highest BCUT2D eigenvalue weighted by atomic mass is 35.5. The number of halogens is 4. The van der Waals surface area contributed by atoms with E-state index in [4.69, 9.17) is 55.9 Å². The molecule has 0 spiro atoms. The predicted octanol–water partition coefficient (Wildman–Crippen LogP) is 6.22. The highest BCUT2D eigenvalue weighted by Gasteiger charge is 2.15. The Balaban J connectivity index is 2.16. The molecule has 126 valence electrons. The zero-order chi connectivity index (χ0) is 17.7. The van der Waals surface area contributed by atoms with Gasteiger partial charge in [0.25, 0.3) is 0 Å². The Morgan fingerprint density at radius 1 is 1.04 bits per heavy atom. The molecule has 0 aliphatic rings. The van der Waals surface area contributed by atoms with Gasteiger partial charge in [-0.3, -0.25) is 0 Å². The molecule has 0 aromatic heterocycles. The maximum absolute atomic E-state index is 11.8. The summed E-state index contributed by atoms with van der Waals surface area (Å²) in [6.07, 6.45) is 1.47. The van der Waals surface area contributed by atoms with Crippen molar-refractivity contribution in [3.63, 3.8) is 0 Å². The SMILES string of the molecule is C=CCOC(=O)c1cc(Cl)c(OCc2ccc(Cl)cc2Cl)c(Cl)c1. The third-order valence-corrected chi connectivity index (χ3v) is 4.10. The number of carbonyl (C=O) groups is 1. The van der Waals surface area contributed by atoms with Gasteiger partial charge >= 0.3 is 5.97 Å². The van der Waals surface area contributed by atoms with Gasteiger partial charge in [-0.15, -0.1) is 0 Å². The highest BCUT2D eigenvalue weighted by molar-refractivity contribution is 6.37. The number of carbonyl (C=O) groups excluding carboxylic acids is 1. The first-order valence-electron chi connectivity index (χ1n) is 6.76. The summed E-state index contributed by atoms with van der Waals surface area (Å²) in [4.78, 5) is 11.8. The summed E-state index contributed by atoms with van der Waals surface area (Å²) in [6.45, 7) is 3.72. The number of ether oxygens (including phenoxy) is 2. The summed E-state index contributed by atoms with van der Waals surface area (Å²) >= 11 is 24.2. The zero-order valence-corrected chi connectivity index (χ0v) is 15.3. The molecule has 0 radical (unpaired) electrons. The van der Waals surface area contributed by atoms with Crippen molar-refractivity contribution in [2.75, 3.05) is 6.61 Å². The van der Waals surface area contributed by atoms with E-state index >= 15 is 0 Å². The second kappa shape index (κ2) is 8.63. The molecule has 0 aliphatic carbocycles. The van der Waals surface area contributed by atoms with Crippen molar-refractivity contribution >= 4 is 52.4 Å². The lowest BCUT2D eigenvalue weighted by Gasteiger charge is -2.12. The number of esters is 1. The van der Waals surface area contributed by atoms with Crippen molar-refractivity contribution in [2.24, 2.45) is 0 Å². The average Bonchev–Trinajstić information content (AvgIpc) is 2.53. The maximum Gasteiger partial charge on any atom is 0.338 e. The molecule has 0 atom stereocenters. The van der Waals surface area contributed by atoms with Crippen LogP contribution in [0.2, 0.25) is 20.1 Å². The van der Waals surface area contributed by atoms with E-state index in [1.807, 2.05) is 0 Å². The Morgan fingerprint density at radius 2 is 1.71 bits per heavy atom. The van der Waals surface area contributed by atoms with Crippen LogP contribution in [0.15, 0.2) is 43.0 Å². The van der Waals surface area contributed by atoms with E-state index in [9.17, 15) is 4.79 Å². The number of rotatable bonds is 6. The minimum Gasteiger partial charge on any atom is -0.486 e. The third kappa shape index (κ3) is 4.81. The molecule has 0 aliphatic heterocycles. The second-order valence-corrected chi connectivity index (χ2v) is 6.34. The number of benzene rings is 2. The minimum atomic E-state index is -0.550. The van der Waals surface area contributed by atoms with Gasteiger partial charge in [0, 0.05) is 15.6 Å². The van der Waals surface area contributed by atoms with Gasteiger partial charge in [0.1, 0.15) is 13.2 Å². The molecule has 2 aromatic carbocycles. The zero-order valence-electron chi connectivity index (χ0n) is 12.3. The average molecular weight is 406 g/mol. The highest BCUT2D eigenvalue weighted by Crippen LogP contribution is 2.35. The largest absolute Gasteiger partial charge is 0.486 e. The second-order valence-electron chi connectivity index (χ2n) is 4.68. The van der Waals surface area contributed by atoms with Gasteiger partial charge in [0.2, 0.25) is 0 Å². The molecule has 0 fully saturated rings. The van der Waals surface area contributed by atoms with Crippen LogP contribution in [0.4, 0.5) is 0 Å². The molecule has 0 bridgehead atoms. The van der Waals surface area contributed by atoms with Crippen LogP contribution in [0, 0.1) is 0 Å². The first kappa shape index (κ1) is 18.9. The molecular formula is C17H12Cl4O3. The fourth-order valence-corrected chi connectivity index (χ4v) is 2.88. The Bertz CT molecular complexity index is 751. The first-order valence-corrected chi connectivity index (χ1v) is 8.27. The summed E-state index contributed by atoms with van der Waals surface area (Å²) < 4.78 is 10.6. The van der Waals surface area contributed by atoms with Crippen LogP contribution in [-0.2, 0) is 11.3 Å². The van der Waals surface area contributed by atoms with Crippen LogP contribution >= 0.6 is 46.4 Å². The van der Waals surface area contributed by atoms with Gasteiger partial charge in [-0.2, -0.15) is 0 Å². The molecule has 0 heterocycles. The topological polar surface area (TPSA) is 35.5 Å². The summed E-state index contributed by atoms with van der Waals surface area (Å²) in [5.74, 6) is -0.296. The smallest absolute Gasteiger partial charge is 0.338 e. The van der Waals surface area contributed by atoms with Gasteiger partial charge in [0.05, 0.1) is 15.6 Å². The van der Waals surface area contributed by atoms with Crippen molar-refractivity contribution in [1.29, 1.82) is 0 Å². The van der Waals surface area contributed by atoms with Crippen LogP contribution in [0.25, 0.3) is 0 Å². The lowest BCUT2D eigenvalue weighted by Crippen LogP contribution is -2.06. The Hall–Kier alpha value is -1.39. The molecule has 7 heteroatoms. The maximum atomic E-state index is 11.8. The van der Waals surface area contributed by atoms with Crippen LogP contribution < -0.4 is 4.74 Å². The molecule has 24 heavy (non-hydrogen) atoms. The summed E-state index contributed by atoms with van der Waals surface area (Å²) in [7, 11) is 0. The standard InChI is InChI=1S/C17H12Cl4O3/c1-2-5-23-17(22)11-6-14(20)16(15(21)7-11)24-9-10-3-4-12(18)8-13(10)19/h2-4,6-8H,1,5,9H2. The van der Waals surface area contributed by atoms with Gasteiger partial charge in [-0.25, -0.2) is 4.79 Å². The Kier molecular flexibility index (Phi) is 6.81.